The summed E-state index contributed by atoms with van der Waals surface area (Å²) in [6.45, 7) is 8.98. The zero-order valence-electron chi connectivity index (χ0n) is 27.2. The third kappa shape index (κ3) is 7.55. The number of methoxy groups -OCH3 is 2. The van der Waals surface area contributed by atoms with E-state index in [2.05, 4.69) is 5.32 Å². The fourth-order valence-corrected chi connectivity index (χ4v) is 6.33. The largest absolute Gasteiger partial charge is 0.495 e. The molecule has 7 atom stereocenters. The van der Waals surface area contributed by atoms with E-state index in [1.54, 1.807) is 33.0 Å². The van der Waals surface area contributed by atoms with Gasteiger partial charge in [0.25, 0.3) is 0 Å². The average Bonchev–Trinajstić information content (AvgIpc) is 3.68. The summed E-state index contributed by atoms with van der Waals surface area (Å²) in [6.07, 6.45) is 2.00. The van der Waals surface area contributed by atoms with Gasteiger partial charge in [0.1, 0.15) is 35.2 Å². The van der Waals surface area contributed by atoms with Gasteiger partial charge in [0.05, 0.1) is 31.4 Å². The predicted molar refractivity (Wildman–Crippen MR) is 168 cm³/mol. The molecule has 0 aliphatic carbocycles. The SMILES string of the molecule is COc1cc2cc(c1Cl)N(C)C(=O)CC(OCC(=O)C(C)C)C1(C)OC1C(C)C1CC(O)(NC(=O)O1)C(OC)/C=C/C=C(\C)C2. The van der Waals surface area contributed by atoms with Crippen LogP contribution in [0.5, 0.6) is 5.75 Å². The molecule has 7 unspecified atom stereocenters. The lowest BCUT2D eigenvalue weighted by molar-refractivity contribution is -0.142. The van der Waals surface area contributed by atoms with Crippen LogP contribution in [-0.4, -0.2) is 86.5 Å². The second-order valence-electron chi connectivity index (χ2n) is 12.7. The normalized spacial score (nSPS) is 34.2. The van der Waals surface area contributed by atoms with Gasteiger partial charge in [-0.15, -0.1) is 0 Å². The lowest BCUT2D eigenvalue weighted by atomic mass is 9.83. The second-order valence-corrected chi connectivity index (χ2v) is 13.1. The Bertz CT molecular complexity index is 1360. The number of nitrogens with zero attached hydrogens (tertiary/aromatic N) is 1. The Hall–Kier alpha value is -2.96. The number of halogens is 1. The Balaban J connectivity index is 1.78. The van der Waals surface area contributed by atoms with Gasteiger partial charge in [-0.2, -0.15) is 0 Å². The first-order chi connectivity index (χ1) is 21.1. The molecule has 3 heterocycles. The van der Waals surface area contributed by atoms with Gasteiger partial charge in [-0.25, -0.2) is 4.79 Å². The van der Waals surface area contributed by atoms with E-state index < -0.39 is 47.8 Å². The molecule has 12 heteroatoms. The number of allylic oxidation sites excluding steroid dienone is 3. The first-order valence-electron chi connectivity index (χ1n) is 15.2. The van der Waals surface area contributed by atoms with Gasteiger partial charge in [0.15, 0.2) is 11.5 Å². The number of Topliss-reactive ketones (excluding diaryl/α,β-unsaturated/α-hetero) is 1. The fourth-order valence-electron chi connectivity index (χ4n) is 6.02. The van der Waals surface area contributed by atoms with Crippen molar-refractivity contribution in [2.24, 2.45) is 11.8 Å². The fraction of sp³-hybridized carbons (Fsp3) is 0.606. The minimum absolute atomic E-state index is 0.0184. The number of nitrogens with one attached hydrogen (secondary N) is 1. The molecule has 45 heavy (non-hydrogen) atoms. The van der Waals surface area contributed by atoms with Gasteiger partial charge in [0.2, 0.25) is 5.91 Å². The zero-order chi connectivity index (χ0) is 33.3. The Kier molecular flexibility index (Phi) is 10.7. The molecule has 248 valence electrons. The van der Waals surface area contributed by atoms with Gasteiger partial charge < -0.3 is 33.7 Å². The molecule has 0 radical (unpaired) electrons. The van der Waals surface area contributed by atoms with Crippen molar-refractivity contribution in [3.05, 3.63) is 46.5 Å². The van der Waals surface area contributed by atoms with Crippen LogP contribution in [0.25, 0.3) is 0 Å². The monoisotopic (exact) mass is 648 g/mol. The zero-order valence-corrected chi connectivity index (χ0v) is 28.0. The number of hydrogen-bond acceptors (Lipinski definition) is 9. The van der Waals surface area contributed by atoms with Gasteiger partial charge in [-0.3, -0.25) is 14.9 Å². The Morgan fingerprint density at radius 1 is 1.27 bits per heavy atom. The van der Waals surface area contributed by atoms with Crippen LogP contribution in [0.1, 0.15) is 53.0 Å². The molecular weight excluding hydrogens is 604 g/mol. The van der Waals surface area contributed by atoms with Crippen molar-refractivity contribution < 1.29 is 43.2 Å². The molecule has 0 aromatic heterocycles. The summed E-state index contributed by atoms with van der Waals surface area (Å²) < 4.78 is 29.1. The summed E-state index contributed by atoms with van der Waals surface area (Å²) in [5, 5.41) is 14.4. The maximum absolute atomic E-state index is 13.8. The standard InChI is InChI=1S/C33H45ClN2O9/c1-18(2)23(37)17-43-27-15-28(38)36(6)22-13-21(14-24(41-7)29(22)34)12-19(3)10-9-11-26(42-8)33(40)16-25(44-31(39)35-33)20(4)30-32(27,5)45-30/h9-11,13-14,18,20,25-27,30,40H,12,15-17H2,1-8H3,(H,35,39)/b11-9+,19-10+. The van der Waals surface area contributed by atoms with Gasteiger partial charge in [-0.05, 0) is 38.0 Å². The number of ether oxygens (including phenoxy) is 5. The number of ketones is 1. The molecule has 11 nitrogen and oxygen atoms in total. The molecule has 1 aromatic carbocycles. The van der Waals surface area contributed by atoms with Crippen LogP contribution in [-0.2, 0) is 35.0 Å². The van der Waals surface area contributed by atoms with Crippen LogP contribution in [0.15, 0.2) is 35.9 Å². The number of alkyl carbamates (subject to hydrolysis) is 1. The highest BCUT2D eigenvalue weighted by Gasteiger charge is 2.63. The van der Waals surface area contributed by atoms with Crippen molar-refractivity contribution >= 4 is 35.1 Å². The third-order valence-electron chi connectivity index (χ3n) is 9.02. The summed E-state index contributed by atoms with van der Waals surface area (Å²) in [7, 11) is 4.60. The van der Waals surface area contributed by atoms with E-state index in [4.69, 9.17) is 35.3 Å². The molecule has 0 spiro atoms. The molecule has 3 aliphatic heterocycles. The molecule has 2 fully saturated rings. The number of amides is 2. The van der Waals surface area contributed by atoms with Gasteiger partial charge >= 0.3 is 6.09 Å². The average molecular weight is 649 g/mol. The lowest BCUT2D eigenvalue weighted by Gasteiger charge is -2.42. The number of epoxide rings is 1. The summed E-state index contributed by atoms with van der Waals surface area (Å²) in [5.41, 5.74) is -0.460. The van der Waals surface area contributed by atoms with E-state index in [1.165, 1.54) is 19.1 Å². The number of aliphatic hydroxyl groups is 1. The third-order valence-corrected chi connectivity index (χ3v) is 9.40. The Morgan fingerprint density at radius 3 is 2.62 bits per heavy atom. The quantitative estimate of drug-likeness (QED) is 0.431. The van der Waals surface area contributed by atoms with Crippen molar-refractivity contribution in [2.75, 3.05) is 32.8 Å². The first-order valence-corrected chi connectivity index (χ1v) is 15.5. The maximum Gasteiger partial charge on any atom is 0.409 e. The Morgan fingerprint density at radius 2 is 1.98 bits per heavy atom. The van der Waals surface area contributed by atoms with Crippen LogP contribution in [0, 0.1) is 11.8 Å². The highest BCUT2D eigenvalue weighted by molar-refractivity contribution is 6.35. The number of fused-ring (bicyclic) bond motifs is 5. The molecule has 3 aliphatic rings. The summed E-state index contributed by atoms with van der Waals surface area (Å²) in [4.78, 5) is 40.6. The number of hydrogen-bond donors (Lipinski definition) is 2. The number of carbonyl (C=O) groups excluding carboxylic acids is 3. The highest BCUT2D eigenvalue weighted by Crippen LogP contribution is 2.49. The van der Waals surface area contributed by atoms with Crippen molar-refractivity contribution in [1.29, 1.82) is 0 Å². The second kappa shape index (κ2) is 13.8. The number of rotatable bonds is 6. The van der Waals surface area contributed by atoms with Gasteiger partial charge in [-0.1, -0.05) is 56.2 Å². The molecule has 2 amide bonds. The van der Waals surface area contributed by atoms with E-state index in [-0.39, 0.29) is 42.1 Å². The number of benzene rings is 1. The molecule has 0 saturated carbocycles. The maximum atomic E-state index is 13.8. The molecular formula is C33H45ClN2O9. The molecule has 2 saturated heterocycles. The van der Waals surface area contributed by atoms with E-state index in [0.29, 0.717) is 17.9 Å². The highest BCUT2D eigenvalue weighted by atomic mass is 35.5. The smallest absolute Gasteiger partial charge is 0.409 e. The molecule has 2 N–H and O–H groups in total. The van der Waals surface area contributed by atoms with Crippen molar-refractivity contribution in [2.45, 2.75) is 89.6 Å². The van der Waals surface area contributed by atoms with Crippen LogP contribution >= 0.6 is 11.6 Å². The topological polar surface area (TPSA) is 136 Å². The van der Waals surface area contributed by atoms with E-state index in [9.17, 15) is 19.5 Å². The minimum Gasteiger partial charge on any atom is -0.495 e. The summed E-state index contributed by atoms with van der Waals surface area (Å²) >= 11 is 6.70. The molecule has 4 rings (SSSR count). The Labute approximate surface area is 269 Å². The van der Waals surface area contributed by atoms with Gasteiger partial charge in [0, 0.05) is 32.4 Å². The summed E-state index contributed by atoms with van der Waals surface area (Å²) in [6, 6.07) is 3.66. The predicted octanol–water partition coefficient (Wildman–Crippen LogP) is 4.37. The van der Waals surface area contributed by atoms with E-state index in [0.717, 1.165) is 11.1 Å². The van der Waals surface area contributed by atoms with E-state index in [1.807, 2.05) is 39.0 Å². The molecule has 1 aromatic rings. The van der Waals surface area contributed by atoms with Crippen LogP contribution < -0.4 is 15.0 Å². The first kappa shape index (κ1) is 34.9. The van der Waals surface area contributed by atoms with Crippen LogP contribution in [0.3, 0.4) is 0 Å². The van der Waals surface area contributed by atoms with Crippen molar-refractivity contribution in [3.63, 3.8) is 0 Å². The number of anilines is 1. The number of carbonyl (C=O) groups is 3. The van der Waals surface area contributed by atoms with Crippen LogP contribution in [0.4, 0.5) is 10.5 Å². The van der Waals surface area contributed by atoms with Crippen LogP contribution in [0.2, 0.25) is 5.02 Å². The van der Waals surface area contributed by atoms with E-state index >= 15 is 0 Å². The lowest BCUT2D eigenvalue weighted by Crippen LogP contribution is -2.63. The van der Waals surface area contributed by atoms with Crippen molar-refractivity contribution in [1.82, 2.24) is 5.32 Å². The van der Waals surface area contributed by atoms with Crippen molar-refractivity contribution in [3.8, 4) is 5.75 Å². The molecule has 4 bridgehead atoms. The minimum atomic E-state index is -1.76. The summed E-state index contributed by atoms with van der Waals surface area (Å²) in [5.74, 6) is -0.659.